The van der Waals surface area contributed by atoms with E-state index in [4.69, 9.17) is 31.2 Å². The van der Waals surface area contributed by atoms with Gasteiger partial charge in [-0.1, -0.05) is 20.8 Å². The molecule has 0 saturated carbocycles. The summed E-state index contributed by atoms with van der Waals surface area (Å²) < 4.78 is 51.9. The van der Waals surface area contributed by atoms with Crippen molar-refractivity contribution < 1.29 is 66.4 Å². The van der Waals surface area contributed by atoms with Crippen LogP contribution in [0.1, 0.15) is 50.0 Å². The Morgan fingerprint density at radius 2 is 1.75 bits per heavy atom. The van der Waals surface area contributed by atoms with Crippen molar-refractivity contribution in [2.24, 2.45) is 5.73 Å². The average Bonchev–Trinajstić information content (AvgIpc) is 3.71. The number of hydrogen-bond acceptors (Lipinski definition) is 18. The lowest BCUT2D eigenvalue weighted by atomic mass is 10.1. The van der Waals surface area contributed by atoms with Gasteiger partial charge in [0, 0.05) is 12.5 Å². The van der Waals surface area contributed by atoms with Crippen LogP contribution in [0, 0.1) is 0 Å². The summed E-state index contributed by atoms with van der Waals surface area (Å²) >= 11 is 0. The van der Waals surface area contributed by atoms with Gasteiger partial charge in [0.25, 0.3) is 20.0 Å². The van der Waals surface area contributed by atoms with Gasteiger partial charge in [-0.15, -0.1) is 0 Å². The molecule has 5 rings (SSSR count). The third-order valence-electron chi connectivity index (χ3n) is 8.11. The average molecular weight is 764 g/mol. The first-order chi connectivity index (χ1) is 24.0. The number of hydrogen-bond donors (Lipinski definition) is 7. The highest BCUT2D eigenvalue weighted by Gasteiger charge is 2.49. The summed E-state index contributed by atoms with van der Waals surface area (Å²) in [4.78, 5) is 48.1. The van der Waals surface area contributed by atoms with E-state index in [1.54, 1.807) is 0 Å². The van der Waals surface area contributed by atoms with Gasteiger partial charge in [0.1, 0.15) is 36.4 Å². The molecular weight excluding hydrogens is 720 g/mol. The molecule has 5 heterocycles. The Morgan fingerprint density at radius 1 is 1.08 bits per heavy atom. The van der Waals surface area contributed by atoms with Crippen LogP contribution < -0.4 is 26.7 Å². The molecule has 2 aliphatic rings. The number of imidazole rings is 1. The number of fused-ring (bicyclic) bond motifs is 1. The number of carbonyl (C=O) groups excluding carboxylic acids is 1. The van der Waals surface area contributed by atoms with Gasteiger partial charge in [-0.05, 0) is 25.7 Å². The molecule has 9 atom stereocenters. The summed E-state index contributed by atoms with van der Waals surface area (Å²) in [5, 5.41) is 31.1. The van der Waals surface area contributed by atoms with Crippen LogP contribution in [0.15, 0.2) is 30.9 Å². The van der Waals surface area contributed by atoms with E-state index in [-0.39, 0.29) is 34.9 Å². The first-order valence-corrected chi connectivity index (χ1v) is 18.7. The molecule has 2 aliphatic heterocycles. The van der Waals surface area contributed by atoms with E-state index >= 15 is 0 Å². The lowest BCUT2D eigenvalue weighted by Gasteiger charge is -2.26. The number of pyridine rings is 1. The Morgan fingerprint density at radius 3 is 2.37 bits per heavy atom. The molecule has 24 heteroatoms. The molecule has 2 fully saturated rings. The smallest absolute Gasteiger partial charge is 0.478 e. The number of amides is 1. The highest BCUT2D eigenvalue weighted by atomic mass is 31.3. The minimum absolute atomic E-state index is 0.0559. The number of rotatable bonds is 14. The maximum Gasteiger partial charge on any atom is 0.478 e. The summed E-state index contributed by atoms with van der Waals surface area (Å²) in [5.41, 5.74) is 17.4. The normalized spacial score (nSPS) is 27.2. The molecule has 0 radical (unpaired) electrons. The highest BCUT2D eigenvalue weighted by Crippen LogP contribution is 2.58. The van der Waals surface area contributed by atoms with E-state index in [0.717, 1.165) is 0 Å². The molecule has 0 aromatic carbocycles. The monoisotopic (exact) mass is 763 g/mol. The van der Waals surface area contributed by atoms with Crippen LogP contribution in [0.25, 0.3) is 11.2 Å². The molecule has 3 aromatic rings. The van der Waals surface area contributed by atoms with Gasteiger partial charge in [-0.2, -0.15) is 4.57 Å². The molecule has 2 saturated heterocycles. The summed E-state index contributed by atoms with van der Waals surface area (Å²) in [5.74, 6) is -0.765. The number of phosphoric acid groups is 2. The number of phosphoric ester groups is 2. The second kappa shape index (κ2) is 17.1. The molecule has 51 heavy (non-hydrogen) atoms. The Kier molecular flexibility index (Phi) is 13.6. The minimum atomic E-state index is -5.58. The van der Waals surface area contributed by atoms with Crippen LogP contribution in [-0.2, 0) is 32.0 Å². The molecule has 22 nitrogen and oxygen atoms in total. The number of aliphatic hydroxyl groups is 3. The SMILES string of the molecule is CCN(CC)CC.NC(=O)c1ccc[n+]([C@@H]2O[C@H](COP(=O)([O-])OP(=O)(O)OC[C@H]3O[C@@H](n4c(N)nc5c(N)ncnc54)C[C@@H]3O)[C@@H](O)[C@H]2O)c1. The van der Waals surface area contributed by atoms with E-state index in [0.29, 0.717) is 0 Å². The number of nitrogens with zero attached hydrogens (tertiary/aromatic N) is 6. The van der Waals surface area contributed by atoms with E-state index in [2.05, 4.69) is 49.5 Å². The van der Waals surface area contributed by atoms with Crippen molar-refractivity contribution in [1.29, 1.82) is 0 Å². The van der Waals surface area contributed by atoms with Crippen molar-refractivity contribution in [3.8, 4) is 0 Å². The molecule has 3 aromatic heterocycles. The van der Waals surface area contributed by atoms with Crippen molar-refractivity contribution in [2.45, 2.75) is 70.2 Å². The second-order valence-corrected chi connectivity index (χ2v) is 14.4. The van der Waals surface area contributed by atoms with Crippen LogP contribution in [-0.4, -0.2) is 114 Å². The van der Waals surface area contributed by atoms with Crippen LogP contribution >= 0.6 is 15.6 Å². The van der Waals surface area contributed by atoms with Gasteiger partial charge in [0.15, 0.2) is 35.5 Å². The number of nitrogen functional groups attached to an aromatic ring is 2. The minimum Gasteiger partial charge on any atom is -0.756 e. The largest absolute Gasteiger partial charge is 0.756 e. The fourth-order valence-corrected chi connectivity index (χ4v) is 7.39. The van der Waals surface area contributed by atoms with Gasteiger partial charge in [-0.3, -0.25) is 18.5 Å². The lowest BCUT2D eigenvalue weighted by molar-refractivity contribution is -0.765. The fraction of sp³-hybridized carbons (Fsp3) is 0.593. The van der Waals surface area contributed by atoms with E-state index in [9.17, 15) is 39.0 Å². The molecular formula is C27H43N9O13P2. The van der Waals surface area contributed by atoms with Crippen molar-refractivity contribution in [1.82, 2.24) is 24.4 Å². The Bertz CT molecular complexity index is 1740. The molecule has 1 amide bonds. The fourth-order valence-electron chi connectivity index (χ4n) is 5.34. The Labute approximate surface area is 291 Å². The van der Waals surface area contributed by atoms with Gasteiger partial charge in [0.2, 0.25) is 5.95 Å². The molecule has 0 bridgehead atoms. The van der Waals surface area contributed by atoms with Crippen LogP contribution in [0.2, 0.25) is 0 Å². The zero-order chi connectivity index (χ0) is 37.7. The molecule has 10 N–H and O–H groups in total. The second-order valence-electron chi connectivity index (χ2n) is 11.4. The number of primary amides is 1. The predicted octanol–water partition coefficient (Wildman–Crippen LogP) is -1.69. The predicted molar refractivity (Wildman–Crippen MR) is 174 cm³/mol. The van der Waals surface area contributed by atoms with Gasteiger partial charge >= 0.3 is 7.82 Å². The van der Waals surface area contributed by atoms with Gasteiger partial charge < -0.3 is 61.2 Å². The number of ether oxygens (including phenoxy) is 2. The van der Waals surface area contributed by atoms with Crippen molar-refractivity contribution >= 4 is 44.5 Å². The Balaban J connectivity index is 0.000000755. The maximum atomic E-state index is 12.4. The molecule has 284 valence electrons. The molecule has 0 aliphatic carbocycles. The number of nitrogens with two attached hydrogens (primary N) is 3. The summed E-state index contributed by atoms with van der Waals surface area (Å²) in [6, 6.07) is 2.83. The topological polar surface area (TPSA) is 330 Å². The number of carbonyl (C=O) groups is 1. The quantitative estimate of drug-likeness (QED) is 0.0711. The highest BCUT2D eigenvalue weighted by molar-refractivity contribution is 7.60. The van der Waals surface area contributed by atoms with E-state index in [1.165, 1.54) is 59.6 Å². The van der Waals surface area contributed by atoms with Crippen LogP contribution in [0.4, 0.5) is 11.8 Å². The number of anilines is 2. The summed E-state index contributed by atoms with van der Waals surface area (Å²) in [6.45, 7) is 8.39. The van der Waals surface area contributed by atoms with Crippen molar-refractivity contribution in [3.05, 3.63) is 36.4 Å². The van der Waals surface area contributed by atoms with Crippen LogP contribution in [0.3, 0.4) is 0 Å². The van der Waals surface area contributed by atoms with Crippen LogP contribution in [0.5, 0.6) is 0 Å². The first-order valence-electron chi connectivity index (χ1n) is 15.8. The third kappa shape index (κ3) is 10.0. The van der Waals surface area contributed by atoms with Crippen molar-refractivity contribution in [3.63, 3.8) is 0 Å². The molecule has 0 spiro atoms. The third-order valence-corrected chi connectivity index (χ3v) is 10.7. The van der Waals surface area contributed by atoms with E-state index < -0.39 is 77.7 Å². The standard InChI is InChI=1S/C21H28N8O13P2.C6H15N/c22-17-14-19(26-8-25-17)29(21(24)27-14)13-4-10(30)11(40-13)6-38-43(34,35)42-44(36,37)39-7-12-15(31)16(32)20(41-12)28-3-1-2-9(5-28)18(23)33;1-4-7(5-2)6-3/h1-3,5,8,10-13,15-16,20,30-32H,4,6-7H2,(H7-,22,23,24,25,26,27,33,34,35,36,37);4-6H2,1-3H3/t10-,11+,12+,13+,15+,16+,20+;/m0./s1. The van der Waals surface area contributed by atoms with E-state index in [1.807, 2.05) is 0 Å². The molecule has 2 unspecified atom stereocenters. The first kappa shape index (κ1) is 40.6. The van der Waals surface area contributed by atoms with Gasteiger partial charge in [0.05, 0.1) is 19.3 Å². The maximum absolute atomic E-state index is 12.4. The number of aliphatic hydroxyl groups excluding tert-OH is 3. The zero-order valence-corrected chi connectivity index (χ0v) is 29.7. The Hall–Kier alpha value is -3.21. The summed E-state index contributed by atoms with van der Waals surface area (Å²) in [6.07, 6.45) is -5.65. The summed E-state index contributed by atoms with van der Waals surface area (Å²) in [7, 11) is -10.9. The zero-order valence-electron chi connectivity index (χ0n) is 27.9. The van der Waals surface area contributed by atoms with Gasteiger partial charge in [-0.25, -0.2) is 23.8 Å². The lowest BCUT2D eigenvalue weighted by Crippen LogP contribution is -2.46. The number of aromatic nitrogens is 5. The van der Waals surface area contributed by atoms with Crippen molar-refractivity contribution in [2.75, 3.05) is 44.3 Å².